The molecule has 0 N–H and O–H groups in total. The van der Waals surface area contributed by atoms with E-state index in [1.54, 1.807) is 6.08 Å². The molecule has 0 aromatic rings. The molecule has 3 nitrogen and oxygen atoms in total. The van der Waals surface area contributed by atoms with Gasteiger partial charge in [0.05, 0.1) is 0 Å². The molecule has 0 saturated carbocycles. The van der Waals surface area contributed by atoms with E-state index in [0.29, 0.717) is 18.4 Å². The molecule has 60 valence electrons. The number of aliphatic imine (C=N–C) groups is 1. The molecular weight excluding hydrogens is 142 g/mol. The Morgan fingerprint density at radius 1 is 1.55 bits per heavy atom. The van der Waals surface area contributed by atoms with E-state index >= 15 is 0 Å². The minimum absolute atomic E-state index is 0.326. The van der Waals surface area contributed by atoms with Crippen LogP contribution in [-0.2, 0) is 9.53 Å². The van der Waals surface area contributed by atoms with Crippen LogP contribution in [0.25, 0.3) is 0 Å². The Kier molecular flexibility index (Phi) is 2.41. The van der Waals surface area contributed by atoms with E-state index in [2.05, 4.69) is 18.8 Å². The van der Waals surface area contributed by atoms with E-state index in [9.17, 15) is 4.79 Å². The van der Waals surface area contributed by atoms with Gasteiger partial charge < -0.3 is 4.74 Å². The van der Waals surface area contributed by atoms with Gasteiger partial charge >= 0.3 is 5.97 Å². The zero-order valence-electron chi connectivity index (χ0n) is 6.70. The number of nitrogens with zero attached hydrogens (tertiary/aromatic N) is 1. The van der Waals surface area contributed by atoms with Gasteiger partial charge in [0.25, 0.3) is 0 Å². The third-order valence-electron chi connectivity index (χ3n) is 1.18. The number of hydrogen-bond donors (Lipinski definition) is 0. The van der Waals surface area contributed by atoms with Crippen molar-refractivity contribution >= 4 is 11.9 Å². The Morgan fingerprint density at radius 2 is 2.27 bits per heavy atom. The fourth-order valence-corrected chi connectivity index (χ4v) is 0.668. The minimum atomic E-state index is -0.326. The number of esters is 1. The summed E-state index contributed by atoms with van der Waals surface area (Å²) in [6.07, 6.45) is 2.96. The first kappa shape index (κ1) is 7.98. The fourth-order valence-electron chi connectivity index (χ4n) is 0.668. The Balaban J connectivity index is 2.44. The molecule has 0 bridgehead atoms. The Morgan fingerprint density at radius 3 is 2.73 bits per heavy atom. The summed E-state index contributed by atoms with van der Waals surface area (Å²) >= 11 is 0. The van der Waals surface area contributed by atoms with Gasteiger partial charge in [-0.2, -0.15) is 0 Å². The Hall–Kier alpha value is -1.12. The summed E-state index contributed by atoms with van der Waals surface area (Å²) in [5.41, 5.74) is 0. The minimum Gasteiger partial charge on any atom is -0.405 e. The van der Waals surface area contributed by atoms with Crippen LogP contribution in [0.4, 0.5) is 0 Å². The van der Waals surface area contributed by atoms with Crippen LogP contribution in [0.3, 0.4) is 0 Å². The van der Waals surface area contributed by atoms with E-state index in [0.717, 1.165) is 0 Å². The van der Waals surface area contributed by atoms with E-state index in [-0.39, 0.29) is 5.97 Å². The number of cyclic esters (lactones) is 1. The summed E-state index contributed by atoms with van der Waals surface area (Å²) in [4.78, 5) is 14.6. The van der Waals surface area contributed by atoms with Gasteiger partial charge in [0.2, 0.25) is 5.90 Å². The molecular formula is C8H11NO2. The highest BCUT2D eigenvalue weighted by Gasteiger charge is 2.09. The van der Waals surface area contributed by atoms with Crippen molar-refractivity contribution in [1.82, 2.24) is 0 Å². The Bertz CT molecular complexity index is 216. The SMILES string of the molecule is CC(C)CN=C1C=CC(=O)O1. The molecule has 1 heterocycles. The molecule has 0 unspecified atom stereocenters. The summed E-state index contributed by atoms with van der Waals surface area (Å²) in [5, 5.41) is 0. The second-order valence-corrected chi connectivity index (χ2v) is 2.83. The molecule has 0 amide bonds. The maximum Gasteiger partial charge on any atom is 0.337 e. The summed E-state index contributed by atoms with van der Waals surface area (Å²) in [6, 6.07) is 0. The Labute approximate surface area is 65.8 Å². The van der Waals surface area contributed by atoms with Crippen molar-refractivity contribution in [1.29, 1.82) is 0 Å². The number of rotatable bonds is 2. The number of carbonyl (C=O) groups excluding carboxylic acids is 1. The van der Waals surface area contributed by atoms with E-state index in [1.807, 2.05) is 0 Å². The molecule has 1 aliphatic heterocycles. The highest BCUT2D eigenvalue weighted by atomic mass is 16.5. The van der Waals surface area contributed by atoms with Crippen LogP contribution in [0.5, 0.6) is 0 Å². The van der Waals surface area contributed by atoms with Gasteiger partial charge in [-0.05, 0) is 5.92 Å². The topological polar surface area (TPSA) is 38.7 Å². The predicted octanol–water partition coefficient (Wildman–Crippen LogP) is 1.15. The molecule has 0 atom stereocenters. The van der Waals surface area contributed by atoms with Crippen molar-refractivity contribution in [2.75, 3.05) is 6.54 Å². The van der Waals surface area contributed by atoms with Crippen LogP contribution >= 0.6 is 0 Å². The lowest BCUT2D eigenvalue weighted by atomic mass is 10.2. The average Bonchev–Trinajstić information content (AvgIpc) is 2.31. The monoisotopic (exact) mass is 153 g/mol. The molecule has 0 fully saturated rings. The van der Waals surface area contributed by atoms with E-state index in [1.165, 1.54) is 6.08 Å². The van der Waals surface area contributed by atoms with Gasteiger partial charge in [0.1, 0.15) is 0 Å². The molecule has 0 aromatic heterocycles. The summed E-state index contributed by atoms with van der Waals surface area (Å²) in [7, 11) is 0. The zero-order chi connectivity index (χ0) is 8.27. The van der Waals surface area contributed by atoms with Crippen molar-refractivity contribution in [3.8, 4) is 0 Å². The molecule has 0 aromatic carbocycles. The lowest BCUT2D eigenvalue weighted by molar-refractivity contribution is -0.129. The van der Waals surface area contributed by atoms with Crippen molar-refractivity contribution in [3.05, 3.63) is 12.2 Å². The van der Waals surface area contributed by atoms with Crippen LogP contribution in [0.15, 0.2) is 17.1 Å². The van der Waals surface area contributed by atoms with Crippen molar-refractivity contribution in [2.24, 2.45) is 10.9 Å². The maximum atomic E-state index is 10.5. The fraction of sp³-hybridized carbons (Fsp3) is 0.500. The largest absolute Gasteiger partial charge is 0.405 e. The van der Waals surface area contributed by atoms with Gasteiger partial charge in [-0.15, -0.1) is 0 Å². The first-order chi connectivity index (χ1) is 5.18. The molecule has 11 heavy (non-hydrogen) atoms. The standard InChI is InChI=1S/C8H11NO2/c1-6(2)5-9-7-3-4-8(10)11-7/h3-4,6H,5H2,1-2H3. The van der Waals surface area contributed by atoms with E-state index in [4.69, 9.17) is 4.74 Å². The number of ether oxygens (including phenoxy) is 1. The number of hydrogen-bond acceptors (Lipinski definition) is 3. The normalized spacial score (nSPS) is 19.9. The van der Waals surface area contributed by atoms with Gasteiger partial charge in [-0.3, -0.25) is 4.99 Å². The van der Waals surface area contributed by atoms with Crippen molar-refractivity contribution in [3.63, 3.8) is 0 Å². The highest BCUT2D eigenvalue weighted by molar-refractivity contribution is 6.07. The third kappa shape index (κ3) is 2.53. The number of carbonyl (C=O) groups is 1. The zero-order valence-corrected chi connectivity index (χ0v) is 6.70. The smallest absolute Gasteiger partial charge is 0.337 e. The molecule has 0 radical (unpaired) electrons. The van der Waals surface area contributed by atoms with Gasteiger partial charge in [-0.25, -0.2) is 4.79 Å². The second-order valence-electron chi connectivity index (χ2n) is 2.83. The van der Waals surface area contributed by atoms with E-state index < -0.39 is 0 Å². The average molecular weight is 153 g/mol. The van der Waals surface area contributed by atoms with Crippen LogP contribution in [0.1, 0.15) is 13.8 Å². The summed E-state index contributed by atoms with van der Waals surface area (Å²) < 4.78 is 4.71. The van der Waals surface area contributed by atoms with Crippen molar-refractivity contribution < 1.29 is 9.53 Å². The first-order valence-corrected chi connectivity index (χ1v) is 3.63. The van der Waals surface area contributed by atoms with Gasteiger partial charge in [0.15, 0.2) is 0 Å². The van der Waals surface area contributed by atoms with Crippen molar-refractivity contribution in [2.45, 2.75) is 13.8 Å². The lowest BCUT2D eigenvalue weighted by Gasteiger charge is -1.98. The van der Waals surface area contributed by atoms with Crippen LogP contribution < -0.4 is 0 Å². The predicted molar refractivity (Wildman–Crippen MR) is 42.4 cm³/mol. The summed E-state index contributed by atoms with van der Waals surface area (Å²) in [6.45, 7) is 4.82. The lowest BCUT2D eigenvalue weighted by Crippen LogP contribution is -2.02. The maximum absolute atomic E-state index is 10.5. The third-order valence-corrected chi connectivity index (χ3v) is 1.18. The van der Waals surface area contributed by atoms with Gasteiger partial charge in [0, 0.05) is 18.7 Å². The second kappa shape index (κ2) is 3.32. The highest BCUT2D eigenvalue weighted by Crippen LogP contribution is 2.00. The van der Waals surface area contributed by atoms with Crippen LogP contribution in [-0.4, -0.2) is 18.4 Å². The first-order valence-electron chi connectivity index (χ1n) is 3.63. The molecule has 0 spiro atoms. The summed E-state index contributed by atoms with van der Waals surface area (Å²) in [5.74, 6) is 0.603. The molecule has 3 heteroatoms. The van der Waals surface area contributed by atoms with Crippen LogP contribution in [0, 0.1) is 5.92 Å². The molecule has 0 aliphatic carbocycles. The van der Waals surface area contributed by atoms with Crippen LogP contribution in [0.2, 0.25) is 0 Å². The molecule has 1 rings (SSSR count). The van der Waals surface area contributed by atoms with Gasteiger partial charge in [-0.1, -0.05) is 13.8 Å². The molecule has 1 aliphatic rings. The molecule has 0 saturated heterocycles. The quantitative estimate of drug-likeness (QED) is 0.558.